The molecule has 3 aromatic rings. The molecule has 1 aliphatic heterocycles. The minimum atomic E-state index is -1.36. The average molecular weight is 566 g/mol. The number of benzene rings is 3. The summed E-state index contributed by atoms with van der Waals surface area (Å²) in [5.41, 5.74) is 8.28. The van der Waals surface area contributed by atoms with E-state index in [1.165, 1.54) is 19.1 Å². The Labute approximate surface area is 240 Å². The van der Waals surface area contributed by atoms with Gasteiger partial charge < -0.3 is 21.1 Å². The number of nitrogens with one attached hydrogen (secondary N) is 1. The van der Waals surface area contributed by atoms with Gasteiger partial charge in [0.25, 0.3) is 5.91 Å². The summed E-state index contributed by atoms with van der Waals surface area (Å²) in [5, 5.41) is 15.9. The highest BCUT2D eigenvalue weighted by molar-refractivity contribution is 6.33. The van der Waals surface area contributed by atoms with Gasteiger partial charge >= 0.3 is 0 Å². The van der Waals surface area contributed by atoms with Gasteiger partial charge in [0.1, 0.15) is 5.82 Å². The number of piperidine rings is 1. The van der Waals surface area contributed by atoms with Gasteiger partial charge in [0.2, 0.25) is 5.91 Å². The van der Waals surface area contributed by atoms with Crippen LogP contribution in [0.2, 0.25) is 5.02 Å². The summed E-state index contributed by atoms with van der Waals surface area (Å²) in [6.45, 7) is 4.78. The zero-order valence-corrected chi connectivity index (χ0v) is 23.8. The van der Waals surface area contributed by atoms with E-state index in [4.69, 9.17) is 17.3 Å². The van der Waals surface area contributed by atoms with Crippen LogP contribution in [0, 0.1) is 18.7 Å². The number of hydrogen-bond acceptors (Lipinski definition) is 4. The van der Waals surface area contributed by atoms with Gasteiger partial charge in [-0.15, -0.1) is 0 Å². The maximum absolute atomic E-state index is 14.8. The van der Waals surface area contributed by atoms with Gasteiger partial charge in [0, 0.05) is 49.6 Å². The SMILES string of the molecule is CC(=O)NCCC[C@@](O)(c1cccc(Cl)c1-c1cccc(C)c1)[C@@H]1CCCN(C(=O)c2ccc(CN)cc2F)C1. The molecule has 0 radical (unpaired) electrons. The summed E-state index contributed by atoms with van der Waals surface area (Å²) in [5.74, 6) is -1.48. The van der Waals surface area contributed by atoms with Gasteiger partial charge in [-0.2, -0.15) is 0 Å². The molecular weight excluding hydrogens is 529 g/mol. The van der Waals surface area contributed by atoms with Crippen molar-refractivity contribution >= 4 is 23.4 Å². The number of halogens is 2. The van der Waals surface area contributed by atoms with Crippen LogP contribution in [-0.4, -0.2) is 41.5 Å². The van der Waals surface area contributed by atoms with Gasteiger partial charge in [-0.3, -0.25) is 9.59 Å². The fraction of sp³-hybridized carbons (Fsp3) is 0.375. The van der Waals surface area contributed by atoms with E-state index >= 15 is 0 Å². The number of aliphatic hydroxyl groups is 1. The summed E-state index contributed by atoms with van der Waals surface area (Å²) < 4.78 is 14.8. The Bertz CT molecular complexity index is 1380. The fourth-order valence-electron chi connectivity index (χ4n) is 5.74. The van der Waals surface area contributed by atoms with Crippen molar-refractivity contribution in [2.75, 3.05) is 19.6 Å². The number of rotatable bonds is 9. The van der Waals surface area contributed by atoms with E-state index in [9.17, 15) is 19.1 Å². The lowest BCUT2D eigenvalue weighted by Crippen LogP contribution is -2.48. The molecule has 40 heavy (non-hydrogen) atoms. The van der Waals surface area contributed by atoms with Gasteiger partial charge in [0.15, 0.2) is 0 Å². The first-order valence-electron chi connectivity index (χ1n) is 13.7. The highest BCUT2D eigenvalue weighted by atomic mass is 35.5. The highest BCUT2D eigenvalue weighted by Crippen LogP contribution is 2.45. The largest absolute Gasteiger partial charge is 0.385 e. The molecule has 4 rings (SSSR count). The Morgan fingerprint density at radius 1 is 1.18 bits per heavy atom. The quantitative estimate of drug-likeness (QED) is 0.296. The molecule has 8 heteroatoms. The molecule has 0 spiro atoms. The standard InChI is InChI=1S/C32H37ClFN3O3/c1-21-7-3-8-24(17-21)30-27(10-4-11-28(30)33)32(40,14-6-15-36-22(2)38)25-9-5-16-37(20-25)31(39)26-13-12-23(19-35)18-29(26)34/h3-4,7-8,10-13,17-18,25,40H,5-6,9,14-16,19-20,35H2,1-2H3,(H,36,38)/t25-,32+/m1/s1. The van der Waals surface area contributed by atoms with Crippen LogP contribution in [0.4, 0.5) is 4.39 Å². The molecule has 2 amide bonds. The van der Waals surface area contributed by atoms with Crippen molar-refractivity contribution in [2.45, 2.75) is 51.7 Å². The van der Waals surface area contributed by atoms with E-state index in [1.54, 1.807) is 11.0 Å². The molecule has 0 aromatic heterocycles. The Morgan fingerprint density at radius 3 is 2.65 bits per heavy atom. The van der Waals surface area contributed by atoms with Crippen molar-refractivity contribution in [1.82, 2.24) is 10.2 Å². The lowest BCUT2D eigenvalue weighted by molar-refractivity contribution is -0.119. The zero-order chi connectivity index (χ0) is 28.9. The number of aryl methyl sites for hydroxylation is 1. The second-order valence-corrected chi connectivity index (χ2v) is 11.1. The number of likely N-dealkylation sites (tertiary alicyclic amines) is 1. The van der Waals surface area contributed by atoms with Gasteiger partial charge in [-0.1, -0.05) is 59.6 Å². The predicted octanol–water partition coefficient (Wildman–Crippen LogP) is 5.57. The van der Waals surface area contributed by atoms with Crippen LogP contribution in [0.3, 0.4) is 0 Å². The van der Waals surface area contributed by atoms with Crippen molar-refractivity contribution in [2.24, 2.45) is 11.7 Å². The second-order valence-electron chi connectivity index (χ2n) is 10.7. The van der Waals surface area contributed by atoms with E-state index in [-0.39, 0.29) is 30.5 Å². The Kier molecular flexibility index (Phi) is 9.61. The van der Waals surface area contributed by atoms with Crippen molar-refractivity contribution in [3.63, 3.8) is 0 Å². The monoisotopic (exact) mass is 565 g/mol. The first kappa shape index (κ1) is 29.7. The van der Waals surface area contributed by atoms with Gasteiger partial charge in [0.05, 0.1) is 11.2 Å². The van der Waals surface area contributed by atoms with Crippen molar-refractivity contribution in [3.05, 3.63) is 93.8 Å². The highest BCUT2D eigenvalue weighted by Gasteiger charge is 2.43. The molecular formula is C32H37ClFN3O3. The summed E-state index contributed by atoms with van der Waals surface area (Å²) in [6, 6.07) is 17.9. The minimum Gasteiger partial charge on any atom is -0.385 e. The molecule has 1 saturated heterocycles. The van der Waals surface area contributed by atoms with E-state index in [0.29, 0.717) is 54.9 Å². The fourth-order valence-corrected chi connectivity index (χ4v) is 6.02. The summed E-state index contributed by atoms with van der Waals surface area (Å²) in [6.07, 6.45) is 2.20. The van der Waals surface area contributed by atoms with Crippen LogP contribution in [0.25, 0.3) is 11.1 Å². The van der Waals surface area contributed by atoms with Crippen LogP contribution in [0.15, 0.2) is 60.7 Å². The number of nitrogens with two attached hydrogens (primary N) is 1. The Balaban J connectivity index is 1.72. The third-order valence-electron chi connectivity index (χ3n) is 7.78. The third-order valence-corrected chi connectivity index (χ3v) is 8.09. The molecule has 0 saturated carbocycles. The van der Waals surface area contributed by atoms with Crippen molar-refractivity contribution in [3.8, 4) is 11.1 Å². The minimum absolute atomic E-state index is 0.00440. The molecule has 6 nitrogen and oxygen atoms in total. The smallest absolute Gasteiger partial charge is 0.256 e. The molecule has 4 N–H and O–H groups in total. The molecule has 0 aliphatic carbocycles. The van der Waals surface area contributed by atoms with Crippen molar-refractivity contribution in [1.29, 1.82) is 0 Å². The van der Waals surface area contributed by atoms with Gasteiger partial charge in [-0.05, 0) is 67.5 Å². The maximum atomic E-state index is 14.8. The van der Waals surface area contributed by atoms with E-state index in [0.717, 1.165) is 16.7 Å². The molecule has 0 bridgehead atoms. The van der Waals surface area contributed by atoms with E-state index < -0.39 is 17.3 Å². The van der Waals surface area contributed by atoms with Crippen molar-refractivity contribution < 1.29 is 19.1 Å². The lowest BCUT2D eigenvalue weighted by Gasteiger charge is -2.44. The molecule has 2 atom stereocenters. The Hall–Kier alpha value is -3.26. The van der Waals surface area contributed by atoms with Crippen LogP contribution < -0.4 is 11.1 Å². The summed E-state index contributed by atoms with van der Waals surface area (Å²) in [4.78, 5) is 26.6. The van der Waals surface area contributed by atoms with E-state index in [1.807, 2.05) is 49.4 Å². The zero-order valence-electron chi connectivity index (χ0n) is 23.1. The third kappa shape index (κ3) is 6.54. The number of hydrogen-bond donors (Lipinski definition) is 3. The molecule has 1 heterocycles. The molecule has 1 aliphatic rings. The number of carbonyl (C=O) groups is 2. The molecule has 1 fully saturated rings. The number of amides is 2. The van der Waals surface area contributed by atoms with Gasteiger partial charge in [-0.25, -0.2) is 4.39 Å². The first-order chi connectivity index (χ1) is 19.1. The molecule has 3 aromatic carbocycles. The van der Waals surface area contributed by atoms with Crippen LogP contribution in [0.1, 0.15) is 59.7 Å². The Morgan fingerprint density at radius 2 is 1.95 bits per heavy atom. The number of nitrogens with zero attached hydrogens (tertiary/aromatic N) is 1. The first-order valence-corrected chi connectivity index (χ1v) is 14.1. The van der Waals surface area contributed by atoms with Crippen LogP contribution >= 0.6 is 11.6 Å². The average Bonchev–Trinajstić information content (AvgIpc) is 2.94. The predicted molar refractivity (Wildman–Crippen MR) is 156 cm³/mol. The topological polar surface area (TPSA) is 95.7 Å². The lowest BCUT2D eigenvalue weighted by atomic mass is 9.72. The summed E-state index contributed by atoms with van der Waals surface area (Å²) in [7, 11) is 0. The maximum Gasteiger partial charge on any atom is 0.256 e. The second kappa shape index (κ2) is 12.9. The van der Waals surface area contributed by atoms with E-state index in [2.05, 4.69) is 5.32 Å². The normalized spacial score (nSPS) is 16.9. The molecule has 212 valence electrons. The summed E-state index contributed by atoms with van der Waals surface area (Å²) >= 11 is 6.78. The van der Waals surface area contributed by atoms with Crippen LogP contribution in [0.5, 0.6) is 0 Å². The van der Waals surface area contributed by atoms with Crippen LogP contribution in [-0.2, 0) is 16.9 Å². The number of carbonyl (C=O) groups excluding carboxylic acids is 2. The molecule has 0 unspecified atom stereocenters.